The van der Waals surface area contributed by atoms with Gasteiger partial charge in [-0.15, -0.1) is 0 Å². The van der Waals surface area contributed by atoms with Crippen molar-refractivity contribution in [2.75, 3.05) is 7.11 Å². The molecule has 2 aromatic heterocycles. The number of hydrogen-bond donors (Lipinski definition) is 0. The van der Waals surface area contributed by atoms with Crippen LogP contribution in [0.5, 0.6) is 5.75 Å². The van der Waals surface area contributed by atoms with E-state index in [1.54, 1.807) is 24.6 Å². The van der Waals surface area contributed by atoms with E-state index in [0.29, 0.717) is 0 Å². The van der Waals surface area contributed by atoms with E-state index in [1.165, 1.54) is 0 Å². The van der Waals surface area contributed by atoms with Gasteiger partial charge in [-0.05, 0) is 17.5 Å². The van der Waals surface area contributed by atoms with Crippen molar-refractivity contribution < 1.29 is 4.74 Å². The molecule has 0 aliphatic rings. The minimum Gasteiger partial charge on any atom is -0.497 e. The van der Waals surface area contributed by atoms with Crippen LogP contribution in [0.3, 0.4) is 0 Å². The van der Waals surface area contributed by atoms with E-state index in [4.69, 9.17) is 4.74 Å². The molecule has 0 radical (unpaired) electrons. The summed E-state index contributed by atoms with van der Waals surface area (Å²) >= 11 is 1.67. The molecule has 2 aromatic rings. The van der Waals surface area contributed by atoms with Gasteiger partial charge in [0.05, 0.1) is 12.8 Å². The standard InChI is InChI=1S/C10H9NOS/c1-12-9-2-4-11-10(6-9)8-3-5-13-7-8/h2-7H,1H3. The van der Waals surface area contributed by atoms with Gasteiger partial charge >= 0.3 is 0 Å². The summed E-state index contributed by atoms with van der Waals surface area (Å²) in [6, 6.07) is 5.82. The van der Waals surface area contributed by atoms with Crippen LogP contribution < -0.4 is 4.74 Å². The van der Waals surface area contributed by atoms with Gasteiger partial charge in [0, 0.05) is 23.2 Å². The van der Waals surface area contributed by atoms with Gasteiger partial charge in [0.25, 0.3) is 0 Å². The number of hydrogen-bond acceptors (Lipinski definition) is 3. The van der Waals surface area contributed by atoms with Crippen molar-refractivity contribution in [3.05, 3.63) is 35.2 Å². The predicted octanol–water partition coefficient (Wildman–Crippen LogP) is 2.82. The van der Waals surface area contributed by atoms with Crippen LogP contribution in [-0.4, -0.2) is 12.1 Å². The van der Waals surface area contributed by atoms with E-state index in [-0.39, 0.29) is 0 Å². The van der Waals surface area contributed by atoms with Gasteiger partial charge in [-0.1, -0.05) is 0 Å². The molecule has 0 fully saturated rings. The largest absolute Gasteiger partial charge is 0.497 e. The Morgan fingerprint density at radius 1 is 1.38 bits per heavy atom. The second-order valence-electron chi connectivity index (χ2n) is 2.59. The van der Waals surface area contributed by atoms with Crippen molar-refractivity contribution in [1.82, 2.24) is 4.98 Å². The number of aromatic nitrogens is 1. The lowest BCUT2D eigenvalue weighted by Gasteiger charge is -2.00. The summed E-state index contributed by atoms with van der Waals surface area (Å²) < 4.78 is 5.12. The Labute approximate surface area is 80.8 Å². The maximum atomic E-state index is 5.12. The lowest BCUT2D eigenvalue weighted by atomic mass is 10.2. The second kappa shape index (κ2) is 3.58. The van der Waals surface area contributed by atoms with Gasteiger partial charge in [0.1, 0.15) is 5.75 Å². The highest BCUT2D eigenvalue weighted by molar-refractivity contribution is 7.08. The van der Waals surface area contributed by atoms with Crippen molar-refractivity contribution in [3.63, 3.8) is 0 Å². The summed E-state index contributed by atoms with van der Waals surface area (Å²) in [5.74, 6) is 0.844. The number of rotatable bonds is 2. The summed E-state index contributed by atoms with van der Waals surface area (Å²) in [5, 5.41) is 4.11. The predicted molar refractivity (Wildman–Crippen MR) is 54.1 cm³/mol. The van der Waals surface area contributed by atoms with E-state index in [0.717, 1.165) is 17.0 Å². The molecule has 0 unspecified atom stereocenters. The fourth-order valence-electron chi connectivity index (χ4n) is 1.11. The van der Waals surface area contributed by atoms with Crippen LogP contribution in [0.25, 0.3) is 11.3 Å². The number of pyridine rings is 1. The zero-order valence-corrected chi connectivity index (χ0v) is 8.04. The van der Waals surface area contributed by atoms with Crippen LogP contribution in [0.2, 0.25) is 0 Å². The molecule has 0 bridgehead atoms. The lowest BCUT2D eigenvalue weighted by molar-refractivity contribution is 0.414. The average molecular weight is 191 g/mol. The highest BCUT2D eigenvalue weighted by Gasteiger charge is 2.00. The van der Waals surface area contributed by atoms with Crippen LogP contribution >= 0.6 is 11.3 Å². The van der Waals surface area contributed by atoms with Crippen molar-refractivity contribution in [2.24, 2.45) is 0 Å². The van der Waals surface area contributed by atoms with Crippen LogP contribution in [0.15, 0.2) is 35.2 Å². The summed E-state index contributed by atoms with van der Waals surface area (Å²) in [6.07, 6.45) is 1.76. The third-order valence-corrected chi connectivity index (χ3v) is 2.47. The van der Waals surface area contributed by atoms with Crippen LogP contribution in [0.4, 0.5) is 0 Å². The van der Waals surface area contributed by atoms with Gasteiger partial charge in [-0.2, -0.15) is 11.3 Å². The summed E-state index contributed by atoms with van der Waals surface area (Å²) in [4.78, 5) is 4.26. The molecule has 0 aliphatic carbocycles. The topological polar surface area (TPSA) is 22.1 Å². The molecule has 0 saturated carbocycles. The van der Waals surface area contributed by atoms with Gasteiger partial charge in [-0.3, -0.25) is 4.98 Å². The molecule has 0 spiro atoms. The number of nitrogens with zero attached hydrogens (tertiary/aromatic N) is 1. The Balaban J connectivity index is 2.41. The average Bonchev–Trinajstić information content (AvgIpc) is 2.71. The molecule has 2 rings (SSSR count). The zero-order valence-electron chi connectivity index (χ0n) is 7.23. The summed E-state index contributed by atoms with van der Waals surface area (Å²) in [5.41, 5.74) is 2.10. The first-order chi connectivity index (χ1) is 6.40. The van der Waals surface area contributed by atoms with E-state index in [1.807, 2.05) is 23.6 Å². The highest BCUT2D eigenvalue weighted by Crippen LogP contribution is 2.22. The molecule has 2 nitrogen and oxygen atoms in total. The fourth-order valence-corrected chi connectivity index (χ4v) is 1.76. The summed E-state index contributed by atoms with van der Waals surface area (Å²) in [6.45, 7) is 0. The first-order valence-corrected chi connectivity index (χ1v) is 4.87. The first kappa shape index (κ1) is 8.26. The Kier molecular flexibility index (Phi) is 2.27. The number of ether oxygens (including phenoxy) is 1. The second-order valence-corrected chi connectivity index (χ2v) is 3.37. The monoisotopic (exact) mass is 191 g/mol. The Hall–Kier alpha value is -1.35. The molecular weight excluding hydrogens is 182 g/mol. The SMILES string of the molecule is COc1ccnc(-c2ccsc2)c1. The third kappa shape index (κ3) is 1.70. The maximum absolute atomic E-state index is 5.12. The van der Waals surface area contributed by atoms with E-state index >= 15 is 0 Å². The van der Waals surface area contributed by atoms with Gasteiger partial charge < -0.3 is 4.74 Å². The molecule has 0 atom stereocenters. The Bertz CT molecular complexity index is 384. The fraction of sp³-hybridized carbons (Fsp3) is 0.100. The van der Waals surface area contributed by atoms with Crippen molar-refractivity contribution in [2.45, 2.75) is 0 Å². The van der Waals surface area contributed by atoms with E-state index in [2.05, 4.69) is 10.4 Å². The molecule has 2 heterocycles. The van der Waals surface area contributed by atoms with Crippen molar-refractivity contribution in [1.29, 1.82) is 0 Å². The normalized spacial score (nSPS) is 9.92. The molecule has 0 aromatic carbocycles. The molecule has 0 saturated heterocycles. The quantitative estimate of drug-likeness (QED) is 0.728. The highest BCUT2D eigenvalue weighted by atomic mass is 32.1. The summed E-state index contributed by atoms with van der Waals surface area (Å²) in [7, 11) is 1.66. The molecule has 0 aliphatic heterocycles. The Morgan fingerprint density at radius 2 is 2.31 bits per heavy atom. The van der Waals surface area contributed by atoms with Gasteiger partial charge in [-0.25, -0.2) is 0 Å². The molecule has 66 valence electrons. The molecule has 0 amide bonds. The molecule has 3 heteroatoms. The van der Waals surface area contributed by atoms with Crippen LogP contribution in [0, 0.1) is 0 Å². The minimum absolute atomic E-state index is 0.844. The van der Waals surface area contributed by atoms with Crippen LogP contribution in [0.1, 0.15) is 0 Å². The van der Waals surface area contributed by atoms with Crippen molar-refractivity contribution >= 4 is 11.3 Å². The van der Waals surface area contributed by atoms with E-state index < -0.39 is 0 Å². The smallest absolute Gasteiger partial charge is 0.122 e. The third-order valence-electron chi connectivity index (χ3n) is 1.78. The number of methoxy groups -OCH3 is 1. The van der Waals surface area contributed by atoms with E-state index in [9.17, 15) is 0 Å². The zero-order chi connectivity index (χ0) is 9.10. The number of thiophene rings is 1. The van der Waals surface area contributed by atoms with Gasteiger partial charge in [0.15, 0.2) is 0 Å². The van der Waals surface area contributed by atoms with Crippen molar-refractivity contribution in [3.8, 4) is 17.0 Å². The lowest BCUT2D eigenvalue weighted by Crippen LogP contribution is -1.85. The Morgan fingerprint density at radius 3 is 3.00 bits per heavy atom. The first-order valence-electron chi connectivity index (χ1n) is 3.93. The maximum Gasteiger partial charge on any atom is 0.122 e. The van der Waals surface area contributed by atoms with Crippen LogP contribution in [-0.2, 0) is 0 Å². The molecular formula is C10H9NOS. The molecule has 13 heavy (non-hydrogen) atoms. The minimum atomic E-state index is 0.844. The van der Waals surface area contributed by atoms with Gasteiger partial charge in [0.2, 0.25) is 0 Å². The molecule has 0 N–H and O–H groups in total.